The molecule has 0 aliphatic heterocycles. The second-order valence-corrected chi connectivity index (χ2v) is 7.67. The van der Waals surface area contributed by atoms with Crippen LogP contribution in [0.2, 0.25) is 0 Å². The molecule has 1 aromatic heterocycles. The lowest BCUT2D eigenvalue weighted by molar-refractivity contribution is -0.121. The van der Waals surface area contributed by atoms with Crippen molar-refractivity contribution in [2.24, 2.45) is 0 Å². The minimum atomic E-state index is -0.0405. The molecule has 0 aliphatic carbocycles. The summed E-state index contributed by atoms with van der Waals surface area (Å²) in [4.78, 5) is 16.5. The number of nitrogens with one attached hydrogen (secondary N) is 1. The lowest BCUT2D eigenvalue weighted by atomic mass is 10.1. The SMILES string of the molecule is Cc1ccc(-c2cnc(CCC(=O)N[C@H](C)c3ccc(Br)cc3)o2)cc1C. The van der Waals surface area contributed by atoms with Crippen LogP contribution in [0.3, 0.4) is 0 Å². The molecule has 27 heavy (non-hydrogen) atoms. The summed E-state index contributed by atoms with van der Waals surface area (Å²) in [5, 5.41) is 3.01. The number of hydrogen-bond donors (Lipinski definition) is 1. The van der Waals surface area contributed by atoms with Crippen LogP contribution in [0, 0.1) is 13.8 Å². The Morgan fingerprint density at radius 2 is 1.89 bits per heavy atom. The Bertz CT molecular complexity index is 932. The molecule has 0 unspecified atom stereocenters. The normalized spacial score (nSPS) is 12.0. The van der Waals surface area contributed by atoms with Crippen LogP contribution in [0.15, 0.2) is 57.6 Å². The van der Waals surface area contributed by atoms with E-state index in [0.717, 1.165) is 21.4 Å². The highest BCUT2D eigenvalue weighted by atomic mass is 79.9. The van der Waals surface area contributed by atoms with Crippen LogP contribution in [0.1, 0.15) is 42.0 Å². The Kier molecular flexibility index (Phi) is 6.11. The number of halogens is 1. The van der Waals surface area contributed by atoms with E-state index >= 15 is 0 Å². The fraction of sp³-hybridized carbons (Fsp3) is 0.273. The molecule has 0 saturated carbocycles. The first-order valence-electron chi connectivity index (χ1n) is 8.99. The van der Waals surface area contributed by atoms with E-state index in [1.54, 1.807) is 6.20 Å². The van der Waals surface area contributed by atoms with Crippen molar-refractivity contribution in [3.8, 4) is 11.3 Å². The summed E-state index contributed by atoms with van der Waals surface area (Å²) in [5.74, 6) is 1.29. The molecule has 1 heterocycles. The maximum absolute atomic E-state index is 12.2. The van der Waals surface area contributed by atoms with Crippen LogP contribution < -0.4 is 5.32 Å². The summed E-state index contributed by atoms with van der Waals surface area (Å²) in [7, 11) is 0. The third-order valence-corrected chi connectivity index (χ3v) is 5.19. The molecule has 1 amide bonds. The monoisotopic (exact) mass is 426 g/mol. The van der Waals surface area contributed by atoms with Gasteiger partial charge in [-0.05, 0) is 55.7 Å². The van der Waals surface area contributed by atoms with E-state index in [2.05, 4.69) is 52.2 Å². The zero-order chi connectivity index (χ0) is 19.4. The molecule has 2 aromatic carbocycles. The summed E-state index contributed by atoms with van der Waals surface area (Å²) < 4.78 is 6.84. The predicted octanol–water partition coefficient (Wildman–Crippen LogP) is 5.53. The molecule has 1 atom stereocenters. The molecule has 1 N–H and O–H groups in total. The van der Waals surface area contributed by atoms with Crippen LogP contribution >= 0.6 is 15.9 Å². The van der Waals surface area contributed by atoms with Crippen LogP contribution in [0.4, 0.5) is 0 Å². The minimum absolute atomic E-state index is 0.0173. The van der Waals surface area contributed by atoms with Gasteiger partial charge in [-0.3, -0.25) is 4.79 Å². The zero-order valence-corrected chi connectivity index (χ0v) is 17.3. The first-order chi connectivity index (χ1) is 12.9. The summed E-state index contributed by atoms with van der Waals surface area (Å²) in [5.41, 5.74) is 4.53. The molecule has 3 rings (SSSR count). The van der Waals surface area contributed by atoms with Gasteiger partial charge >= 0.3 is 0 Å². The molecule has 0 radical (unpaired) electrons. The number of aromatic nitrogens is 1. The van der Waals surface area contributed by atoms with Gasteiger partial charge in [0.25, 0.3) is 0 Å². The molecular weight excluding hydrogens is 404 g/mol. The third-order valence-electron chi connectivity index (χ3n) is 4.66. The maximum atomic E-state index is 12.2. The molecule has 0 fully saturated rings. The first kappa shape index (κ1) is 19.4. The molecule has 0 bridgehead atoms. The first-order valence-corrected chi connectivity index (χ1v) is 9.79. The molecular formula is C22H23BrN2O2. The van der Waals surface area contributed by atoms with E-state index in [4.69, 9.17) is 4.42 Å². The number of carbonyl (C=O) groups excluding carboxylic acids is 1. The lowest BCUT2D eigenvalue weighted by Crippen LogP contribution is -2.26. The highest BCUT2D eigenvalue weighted by molar-refractivity contribution is 9.10. The topological polar surface area (TPSA) is 55.1 Å². The van der Waals surface area contributed by atoms with Crippen molar-refractivity contribution >= 4 is 21.8 Å². The fourth-order valence-electron chi connectivity index (χ4n) is 2.82. The van der Waals surface area contributed by atoms with Gasteiger partial charge in [-0.1, -0.05) is 40.2 Å². The van der Waals surface area contributed by atoms with Gasteiger partial charge < -0.3 is 9.73 Å². The van der Waals surface area contributed by atoms with Gasteiger partial charge in [-0.2, -0.15) is 0 Å². The number of amides is 1. The van der Waals surface area contributed by atoms with Gasteiger partial charge in [-0.15, -0.1) is 0 Å². The summed E-state index contributed by atoms with van der Waals surface area (Å²) >= 11 is 3.42. The van der Waals surface area contributed by atoms with Crippen LogP contribution in [-0.2, 0) is 11.2 Å². The van der Waals surface area contributed by atoms with Crippen molar-refractivity contribution < 1.29 is 9.21 Å². The molecule has 140 valence electrons. The average Bonchev–Trinajstić information content (AvgIpc) is 3.12. The Balaban J connectivity index is 1.55. The van der Waals surface area contributed by atoms with Crippen molar-refractivity contribution in [1.29, 1.82) is 0 Å². The second kappa shape index (κ2) is 8.53. The third kappa shape index (κ3) is 5.07. The molecule has 0 spiro atoms. The number of rotatable bonds is 6. The molecule has 4 nitrogen and oxygen atoms in total. The highest BCUT2D eigenvalue weighted by Gasteiger charge is 2.12. The Hall–Kier alpha value is -2.40. The Morgan fingerprint density at radius 3 is 2.59 bits per heavy atom. The van der Waals surface area contributed by atoms with E-state index in [-0.39, 0.29) is 11.9 Å². The Labute approximate surface area is 168 Å². The molecule has 5 heteroatoms. The number of benzene rings is 2. The number of aryl methyl sites for hydroxylation is 3. The number of oxazole rings is 1. The quantitative estimate of drug-likeness (QED) is 0.563. The van der Waals surface area contributed by atoms with Crippen LogP contribution in [-0.4, -0.2) is 10.9 Å². The highest BCUT2D eigenvalue weighted by Crippen LogP contribution is 2.23. The lowest BCUT2D eigenvalue weighted by Gasteiger charge is -2.14. The van der Waals surface area contributed by atoms with E-state index in [1.807, 2.05) is 37.3 Å². The van der Waals surface area contributed by atoms with Gasteiger partial charge in [0, 0.05) is 22.9 Å². The standard InChI is InChI=1S/C22H23BrN2O2/c1-14-4-5-18(12-15(14)2)20-13-24-22(27-20)11-10-21(26)25-16(3)17-6-8-19(23)9-7-17/h4-9,12-13,16H,10-11H2,1-3H3,(H,25,26)/t16-/m1/s1. The van der Waals surface area contributed by atoms with Gasteiger partial charge in [0.1, 0.15) is 0 Å². The van der Waals surface area contributed by atoms with E-state index in [1.165, 1.54) is 11.1 Å². The van der Waals surface area contributed by atoms with Gasteiger partial charge in [0.2, 0.25) is 5.91 Å². The van der Waals surface area contributed by atoms with Crippen molar-refractivity contribution in [3.63, 3.8) is 0 Å². The molecule has 0 saturated heterocycles. The van der Waals surface area contributed by atoms with Crippen molar-refractivity contribution in [3.05, 3.63) is 75.7 Å². The number of carbonyl (C=O) groups is 1. The van der Waals surface area contributed by atoms with E-state index < -0.39 is 0 Å². The largest absolute Gasteiger partial charge is 0.441 e. The maximum Gasteiger partial charge on any atom is 0.220 e. The van der Waals surface area contributed by atoms with Crippen molar-refractivity contribution in [2.75, 3.05) is 0 Å². The minimum Gasteiger partial charge on any atom is -0.441 e. The van der Waals surface area contributed by atoms with Gasteiger partial charge in [0.15, 0.2) is 11.7 Å². The summed E-state index contributed by atoms with van der Waals surface area (Å²) in [6.45, 7) is 6.13. The van der Waals surface area contributed by atoms with Crippen LogP contribution in [0.5, 0.6) is 0 Å². The Morgan fingerprint density at radius 1 is 1.15 bits per heavy atom. The zero-order valence-electron chi connectivity index (χ0n) is 15.8. The number of nitrogens with zero attached hydrogens (tertiary/aromatic N) is 1. The molecule has 3 aromatic rings. The molecule has 0 aliphatic rings. The van der Waals surface area contributed by atoms with Crippen molar-refractivity contribution in [2.45, 2.75) is 39.7 Å². The summed E-state index contributed by atoms with van der Waals surface area (Å²) in [6, 6.07) is 14.1. The average molecular weight is 427 g/mol. The summed E-state index contributed by atoms with van der Waals surface area (Å²) in [6.07, 6.45) is 2.54. The van der Waals surface area contributed by atoms with Gasteiger partial charge in [-0.25, -0.2) is 4.98 Å². The number of hydrogen-bond acceptors (Lipinski definition) is 3. The fourth-order valence-corrected chi connectivity index (χ4v) is 3.09. The van der Waals surface area contributed by atoms with Crippen LogP contribution in [0.25, 0.3) is 11.3 Å². The second-order valence-electron chi connectivity index (χ2n) is 6.76. The van der Waals surface area contributed by atoms with Gasteiger partial charge in [0.05, 0.1) is 12.2 Å². The predicted molar refractivity (Wildman–Crippen MR) is 110 cm³/mol. The van der Waals surface area contributed by atoms with E-state index in [0.29, 0.717) is 18.7 Å². The smallest absolute Gasteiger partial charge is 0.220 e. The van der Waals surface area contributed by atoms with Crippen molar-refractivity contribution in [1.82, 2.24) is 10.3 Å². The van der Waals surface area contributed by atoms with E-state index in [9.17, 15) is 4.79 Å².